The predicted octanol–water partition coefficient (Wildman–Crippen LogP) is 3.33. The van der Waals surface area contributed by atoms with Crippen molar-refractivity contribution in [3.05, 3.63) is 32.6 Å². The van der Waals surface area contributed by atoms with E-state index in [9.17, 15) is 0 Å². The Bertz CT molecular complexity index is 557. The van der Waals surface area contributed by atoms with Gasteiger partial charge in [0.25, 0.3) is 0 Å². The smallest absolute Gasteiger partial charge is 0.180 e. The first kappa shape index (κ1) is 13.5. The van der Waals surface area contributed by atoms with Crippen LogP contribution in [0.25, 0.3) is 11.5 Å². The van der Waals surface area contributed by atoms with E-state index < -0.39 is 0 Å². The summed E-state index contributed by atoms with van der Waals surface area (Å²) in [6, 6.07) is 3.56. The first-order chi connectivity index (χ1) is 8.61. The molecule has 6 heteroatoms. The number of nitrogens with two attached hydrogens (primary N) is 1. The number of nitrogens with zero attached hydrogens (tertiary/aromatic N) is 3. The third-order valence-corrected chi connectivity index (χ3v) is 3.79. The number of aryl methyl sites for hydroxylation is 1. The molecule has 0 unspecified atom stereocenters. The van der Waals surface area contributed by atoms with Crippen molar-refractivity contribution in [2.45, 2.75) is 19.8 Å². The number of aromatic nitrogens is 3. The van der Waals surface area contributed by atoms with E-state index in [1.165, 1.54) is 0 Å². The molecule has 0 bridgehead atoms. The lowest BCUT2D eigenvalue weighted by Crippen LogP contribution is -2.05. The van der Waals surface area contributed by atoms with E-state index in [1.807, 2.05) is 0 Å². The second-order valence-electron chi connectivity index (χ2n) is 3.80. The van der Waals surface area contributed by atoms with Gasteiger partial charge in [0.2, 0.25) is 0 Å². The summed E-state index contributed by atoms with van der Waals surface area (Å²) >= 11 is 7.99. The molecule has 0 saturated carbocycles. The van der Waals surface area contributed by atoms with E-state index in [0.29, 0.717) is 22.4 Å². The van der Waals surface area contributed by atoms with Gasteiger partial charge < -0.3 is 5.73 Å². The zero-order valence-electron chi connectivity index (χ0n) is 9.82. The quantitative estimate of drug-likeness (QED) is 0.837. The molecule has 0 aliphatic carbocycles. The van der Waals surface area contributed by atoms with E-state index in [2.05, 4.69) is 44.5 Å². The molecule has 0 radical (unpaired) electrons. The van der Waals surface area contributed by atoms with Gasteiger partial charge in [0, 0.05) is 6.20 Å². The van der Waals surface area contributed by atoms with Crippen LogP contribution in [0.5, 0.6) is 0 Å². The van der Waals surface area contributed by atoms with Crippen molar-refractivity contribution in [1.82, 2.24) is 15.0 Å². The summed E-state index contributed by atoms with van der Waals surface area (Å²) < 4.78 is 0.923. The second-order valence-corrected chi connectivity index (χ2v) is 5.32. The van der Waals surface area contributed by atoms with E-state index in [1.54, 1.807) is 18.3 Å². The van der Waals surface area contributed by atoms with Crippen LogP contribution >= 0.6 is 34.2 Å². The van der Waals surface area contributed by atoms with Crippen LogP contribution in [0, 0.1) is 3.57 Å². The molecular weight excluding hydrogens is 363 g/mol. The van der Waals surface area contributed by atoms with Crippen molar-refractivity contribution in [3.8, 4) is 11.5 Å². The molecule has 2 aromatic heterocycles. The topological polar surface area (TPSA) is 64.7 Å². The Labute approximate surface area is 124 Å². The highest BCUT2D eigenvalue weighted by Crippen LogP contribution is 2.22. The SMILES string of the molecule is CCCc1nc(-c2ccc(Cl)cn2)nc(N)c1I. The van der Waals surface area contributed by atoms with Crippen molar-refractivity contribution in [2.75, 3.05) is 5.73 Å². The van der Waals surface area contributed by atoms with Crippen LogP contribution in [-0.2, 0) is 6.42 Å². The summed E-state index contributed by atoms with van der Waals surface area (Å²) in [5.41, 5.74) is 7.56. The molecule has 0 spiro atoms. The third-order valence-electron chi connectivity index (χ3n) is 2.39. The maximum Gasteiger partial charge on any atom is 0.180 e. The molecule has 2 N–H and O–H groups in total. The average Bonchev–Trinajstić information content (AvgIpc) is 2.36. The monoisotopic (exact) mass is 374 g/mol. The first-order valence-corrected chi connectivity index (χ1v) is 7.01. The molecule has 0 saturated heterocycles. The molecule has 0 amide bonds. The highest BCUT2D eigenvalue weighted by molar-refractivity contribution is 14.1. The summed E-state index contributed by atoms with van der Waals surface area (Å²) in [6.45, 7) is 2.11. The van der Waals surface area contributed by atoms with Crippen molar-refractivity contribution >= 4 is 40.0 Å². The van der Waals surface area contributed by atoms with Gasteiger partial charge in [0.15, 0.2) is 5.82 Å². The Balaban J connectivity index is 2.48. The van der Waals surface area contributed by atoms with Crippen LogP contribution in [-0.4, -0.2) is 15.0 Å². The summed E-state index contributed by atoms with van der Waals surface area (Å²) in [5.74, 6) is 1.05. The summed E-state index contributed by atoms with van der Waals surface area (Å²) in [7, 11) is 0. The predicted molar refractivity (Wildman–Crippen MR) is 81.4 cm³/mol. The van der Waals surface area contributed by atoms with E-state index >= 15 is 0 Å². The lowest BCUT2D eigenvalue weighted by atomic mass is 10.2. The number of hydrogen-bond acceptors (Lipinski definition) is 4. The molecule has 4 nitrogen and oxygen atoms in total. The van der Waals surface area contributed by atoms with Gasteiger partial charge in [-0.15, -0.1) is 0 Å². The molecule has 0 aromatic carbocycles. The maximum atomic E-state index is 5.91. The fraction of sp³-hybridized carbons (Fsp3) is 0.250. The molecule has 0 fully saturated rings. The van der Waals surface area contributed by atoms with E-state index in [4.69, 9.17) is 17.3 Å². The number of hydrogen-bond donors (Lipinski definition) is 1. The summed E-state index contributed by atoms with van der Waals surface area (Å²) in [4.78, 5) is 13.0. The van der Waals surface area contributed by atoms with E-state index in [-0.39, 0.29) is 0 Å². The Morgan fingerprint density at radius 1 is 1.33 bits per heavy atom. The molecule has 94 valence electrons. The fourth-order valence-corrected chi connectivity index (χ4v) is 2.16. The zero-order valence-corrected chi connectivity index (χ0v) is 12.7. The fourth-order valence-electron chi connectivity index (χ4n) is 1.54. The van der Waals surface area contributed by atoms with Gasteiger partial charge in [0.05, 0.1) is 14.3 Å². The summed E-state index contributed by atoms with van der Waals surface area (Å²) in [6.07, 6.45) is 3.47. The van der Waals surface area contributed by atoms with Crippen LogP contribution in [0.15, 0.2) is 18.3 Å². The van der Waals surface area contributed by atoms with Gasteiger partial charge in [-0.2, -0.15) is 0 Å². The van der Waals surface area contributed by atoms with E-state index in [0.717, 1.165) is 22.1 Å². The maximum absolute atomic E-state index is 5.91. The van der Waals surface area contributed by atoms with Crippen molar-refractivity contribution in [1.29, 1.82) is 0 Å². The number of halogens is 2. The van der Waals surface area contributed by atoms with Crippen LogP contribution in [0.3, 0.4) is 0 Å². The van der Waals surface area contributed by atoms with Gasteiger partial charge in [-0.1, -0.05) is 24.9 Å². The molecule has 0 aliphatic heterocycles. The molecule has 2 rings (SSSR count). The molecule has 2 heterocycles. The highest BCUT2D eigenvalue weighted by atomic mass is 127. The molecule has 2 aromatic rings. The normalized spacial score (nSPS) is 10.6. The zero-order chi connectivity index (χ0) is 13.1. The Hall–Kier alpha value is -0.950. The molecule has 0 atom stereocenters. The van der Waals surface area contributed by atoms with Gasteiger partial charge in [-0.25, -0.2) is 9.97 Å². The average molecular weight is 375 g/mol. The lowest BCUT2D eigenvalue weighted by Gasteiger charge is -2.07. The molecular formula is C12H12ClIN4. The van der Waals surface area contributed by atoms with Gasteiger partial charge in [0.1, 0.15) is 11.5 Å². The lowest BCUT2D eigenvalue weighted by molar-refractivity contribution is 0.868. The minimum absolute atomic E-state index is 0.501. The van der Waals surface area contributed by atoms with Gasteiger partial charge >= 0.3 is 0 Å². The standard InChI is InChI=1S/C12H12ClIN4/c1-2-3-8-10(14)11(15)18-12(17-8)9-5-4-7(13)6-16-9/h4-6H,2-3H2,1H3,(H2,15,17,18). The number of anilines is 1. The van der Waals surface area contributed by atoms with Crippen molar-refractivity contribution in [2.24, 2.45) is 0 Å². The van der Waals surface area contributed by atoms with Gasteiger partial charge in [-0.05, 0) is 41.1 Å². The number of nitrogen functional groups attached to an aromatic ring is 1. The Kier molecular flexibility index (Phi) is 4.34. The minimum Gasteiger partial charge on any atom is -0.383 e. The molecule has 0 aliphatic rings. The van der Waals surface area contributed by atoms with Crippen molar-refractivity contribution in [3.63, 3.8) is 0 Å². The molecule has 18 heavy (non-hydrogen) atoms. The van der Waals surface area contributed by atoms with Crippen LogP contribution in [0.1, 0.15) is 19.0 Å². The third kappa shape index (κ3) is 2.89. The largest absolute Gasteiger partial charge is 0.383 e. The highest BCUT2D eigenvalue weighted by Gasteiger charge is 2.11. The van der Waals surface area contributed by atoms with Crippen LogP contribution in [0.4, 0.5) is 5.82 Å². The second kappa shape index (κ2) is 5.79. The Morgan fingerprint density at radius 3 is 2.72 bits per heavy atom. The number of pyridine rings is 1. The van der Waals surface area contributed by atoms with Gasteiger partial charge in [-0.3, -0.25) is 4.98 Å². The van der Waals surface area contributed by atoms with Crippen LogP contribution < -0.4 is 5.73 Å². The van der Waals surface area contributed by atoms with Crippen LogP contribution in [0.2, 0.25) is 5.02 Å². The van der Waals surface area contributed by atoms with Crippen molar-refractivity contribution < 1.29 is 0 Å². The summed E-state index contributed by atoms with van der Waals surface area (Å²) in [5, 5.41) is 0.589. The first-order valence-electron chi connectivity index (χ1n) is 5.55. The number of rotatable bonds is 3. The Morgan fingerprint density at radius 2 is 2.11 bits per heavy atom. The minimum atomic E-state index is 0.501.